The molecule has 0 spiro atoms. The fourth-order valence-electron chi connectivity index (χ4n) is 5.19. The standard InChI is InChI=1S/3C10H15O.Al/c3*1-7(2)9-5-4-8(3)10(11)6-9;/h3*4,9-10H,1,5-6H2,2-3H3;/q3*-1;+3. The fourth-order valence-corrected chi connectivity index (χ4v) is 7.17. The van der Waals surface area contributed by atoms with Crippen molar-refractivity contribution < 1.29 is 11.4 Å². The van der Waals surface area contributed by atoms with Crippen molar-refractivity contribution in [2.24, 2.45) is 17.8 Å². The fraction of sp³-hybridized carbons (Fsp3) is 0.600. The summed E-state index contributed by atoms with van der Waals surface area (Å²) in [6.45, 7) is 25.5. The van der Waals surface area contributed by atoms with Crippen molar-refractivity contribution >= 4 is 15.1 Å². The van der Waals surface area contributed by atoms with Crippen molar-refractivity contribution in [1.82, 2.24) is 0 Å². The smallest absolute Gasteiger partial charge is 0.448 e. The molecular formula is C30H45AlO3. The Morgan fingerprint density at radius 2 is 0.882 bits per heavy atom. The Morgan fingerprint density at radius 1 is 0.618 bits per heavy atom. The van der Waals surface area contributed by atoms with Gasteiger partial charge in [-0.1, -0.05) is 71.4 Å². The molecule has 6 unspecified atom stereocenters. The van der Waals surface area contributed by atoms with Crippen molar-refractivity contribution in [1.29, 1.82) is 0 Å². The van der Waals surface area contributed by atoms with Gasteiger partial charge in [-0.15, -0.1) is 0 Å². The third kappa shape index (κ3) is 7.19. The molecule has 0 bridgehead atoms. The number of allylic oxidation sites excluding steroid dienone is 6. The Labute approximate surface area is 213 Å². The molecule has 0 saturated heterocycles. The lowest BCUT2D eigenvalue weighted by Crippen LogP contribution is -2.42. The van der Waals surface area contributed by atoms with Gasteiger partial charge in [0.25, 0.3) is 0 Å². The van der Waals surface area contributed by atoms with E-state index in [1.165, 1.54) is 33.4 Å². The minimum atomic E-state index is -2.46. The predicted molar refractivity (Wildman–Crippen MR) is 144 cm³/mol. The van der Waals surface area contributed by atoms with Crippen LogP contribution in [0.2, 0.25) is 0 Å². The Kier molecular flexibility index (Phi) is 9.85. The van der Waals surface area contributed by atoms with Gasteiger partial charge in [-0.3, -0.25) is 0 Å². The molecule has 0 N–H and O–H groups in total. The van der Waals surface area contributed by atoms with Gasteiger partial charge < -0.3 is 11.4 Å². The second-order valence-corrected chi connectivity index (χ2v) is 12.4. The second-order valence-electron chi connectivity index (χ2n) is 11.1. The summed E-state index contributed by atoms with van der Waals surface area (Å²) in [6, 6.07) is 0. The van der Waals surface area contributed by atoms with Gasteiger partial charge in [0.2, 0.25) is 0 Å². The van der Waals surface area contributed by atoms with Crippen molar-refractivity contribution in [2.45, 2.75) is 98.4 Å². The highest BCUT2D eigenvalue weighted by Crippen LogP contribution is 2.35. The minimum absolute atomic E-state index is 0.0294. The van der Waals surface area contributed by atoms with Crippen LogP contribution in [-0.4, -0.2) is 33.5 Å². The summed E-state index contributed by atoms with van der Waals surface area (Å²) in [6.07, 6.45) is 13.0. The average Bonchev–Trinajstić information content (AvgIpc) is 2.77. The Morgan fingerprint density at radius 3 is 1.12 bits per heavy atom. The van der Waals surface area contributed by atoms with Crippen LogP contribution in [0, 0.1) is 17.8 Å². The molecule has 0 fully saturated rings. The van der Waals surface area contributed by atoms with E-state index in [2.05, 4.69) is 79.5 Å². The van der Waals surface area contributed by atoms with E-state index in [9.17, 15) is 0 Å². The van der Waals surface area contributed by atoms with Gasteiger partial charge in [-0.25, -0.2) is 0 Å². The molecule has 0 radical (unpaired) electrons. The molecule has 0 amide bonds. The zero-order valence-electron chi connectivity index (χ0n) is 22.4. The summed E-state index contributed by atoms with van der Waals surface area (Å²) in [5.74, 6) is 1.37. The van der Waals surface area contributed by atoms with E-state index in [-0.39, 0.29) is 18.3 Å². The summed E-state index contributed by atoms with van der Waals surface area (Å²) in [5, 5.41) is 0. The van der Waals surface area contributed by atoms with E-state index in [0.29, 0.717) is 17.8 Å². The van der Waals surface area contributed by atoms with Gasteiger partial charge in [0.05, 0.1) is 18.3 Å². The van der Waals surface area contributed by atoms with Gasteiger partial charge in [-0.05, 0) is 97.8 Å². The normalized spacial score (nSPS) is 31.8. The maximum atomic E-state index is 6.76. The Balaban J connectivity index is 1.80. The quantitative estimate of drug-likeness (QED) is 0.248. The molecule has 6 atom stereocenters. The minimum Gasteiger partial charge on any atom is -0.448 e. The maximum absolute atomic E-state index is 6.76. The first kappa shape index (κ1) is 27.4. The van der Waals surface area contributed by atoms with Crippen LogP contribution in [0.4, 0.5) is 0 Å². The van der Waals surface area contributed by atoms with Gasteiger partial charge >= 0.3 is 15.1 Å². The molecule has 3 aliphatic rings. The molecule has 0 aromatic carbocycles. The highest BCUT2D eigenvalue weighted by Gasteiger charge is 2.43. The molecule has 3 aliphatic carbocycles. The first-order valence-electron chi connectivity index (χ1n) is 13.0. The van der Waals surface area contributed by atoms with Gasteiger partial charge in [0, 0.05) is 0 Å². The monoisotopic (exact) mass is 480 g/mol. The molecular weight excluding hydrogens is 435 g/mol. The molecule has 3 rings (SSSR count). The average molecular weight is 481 g/mol. The lowest BCUT2D eigenvalue weighted by molar-refractivity contribution is 0.0150. The lowest BCUT2D eigenvalue weighted by atomic mass is 9.84. The van der Waals surface area contributed by atoms with E-state index in [1.54, 1.807) is 0 Å². The van der Waals surface area contributed by atoms with Crippen LogP contribution < -0.4 is 0 Å². The predicted octanol–water partition coefficient (Wildman–Crippen LogP) is 7.92. The number of rotatable bonds is 9. The molecule has 0 saturated carbocycles. The maximum Gasteiger partial charge on any atom is 0.906 e. The van der Waals surface area contributed by atoms with Gasteiger partial charge in [-0.2, -0.15) is 0 Å². The molecule has 34 heavy (non-hydrogen) atoms. The summed E-state index contributed by atoms with van der Waals surface area (Å²) < 4.78 is 20.3. The van der Waals surface area contributed by atoms with Crippen LogP contribution in [0.5, 0.6) is 0 Å². The van der Waals surface area contributed by atoms with Crippen LogP contribution in [0.3, 0.4) is 0 Å². The van der Waals surface area contributed by atoms with E-state index >= 15 is 0 Å². The molecule has 186 valence electrons. The highest BCUT2D eigenvalue weighted by atomic mass is 27.3. The van der Waals surface area contributed by atoms with E-state index in [1.807, 2.05) is 0 Å². The zero-order chi connectivity index (χ0) is 25.0. The summed E-state index contributed by atoms with van der Waals surface area (Å²) in [5.41, 5.74) is 7.53. The van der Waals surface area contributed by atoms with E-state index in [0.717, 1.165) is 38.5 Å². The van der Waals surface area contributed by atoms with Crippen LogP contribution in [0.1, 0.15) is 80.1 Å². The largest absolute Gasteiger partial charge is 0.906 e. The third-order valence-corrected chi connectivity index (χ3v) is 9.76. The summed E-state index contributed by atoms with van der Waals surface area (Å²) in [4.78, 5) is 0. The van der Waals surface area contributed by atoms with Crippen LogP contribution in [0.15, 0.2) is 71.4 Å². The van der Waals surface area contributed by atoms with E-state index < -0.39 is 15.1 Å². The molecule has 0 aliphatic heterocycles. The number of hydrogen-bond acceptors (Lipinski definition) is 3. The van der Waals surface area contributed by atoms with Crippen molar-refractivity contribution in [2.75, 3.05) is 0 Å². The SMILES string of the molecule is C=C(C)C1CC=C(C)C([O][Al]([O]C2CC(C(=C)C)CC=C2C)[O]C2CC(C(=C)C)CC=C2C)C1. The second kappa shape index (κ2) is 12.2. The molecule has 0 heterocycles. The Bertz CT molecular complexity index is 765. The van der Waals surface area contributed by atoms with Crippen molar-refractivity contribution in [3.63, 3.8) is 0 Å². The Hall–Kier alpha value is -1.15. The summed E-state index contributed by atoms with van der Waals surface area (Å²) in [7, 11) is 0. The van der Waals surface area contributed by atoms with Crippen molar-refractivity contribution in [3.05, 3.63) is 71.4 Å². The number of hydrogen-bond donors (Lipinski definition) is 0. The zero-order valence-corrected chi connectivity index (χ0v) is 23.5. The molecule has 0 aromatic heterocycles. The third-order valence-electron chi connectivity index (χ3n) is 8.11. The molecule has 4 heteroatoms. The first-order chi connectivity index (χ1) is 16.0. The van der Waals surface area contributed by atoms with Gasteiger partial charge in [0.15, 0.2) is 0 Å². The van der Waals surface area contributed by atoms with Crippen molar-refractivity contribution in [3.8, 4) is 0 Å². The molecule has 0 aromatic rings. The molecule has 3 nitrogen and oxygen atoms in total. The highest BCUT2D eigenvalue weighted by molar-refractivity contribution is 6.36. The van der Waals surface area contributed by atoms with Crippen LogP contribution in [0.25, 0.3) is 0 Å². The van der Waals surface area contributed by atoms with Gasteiger partial charge in [0.1, 0.15) is 0 Å². The summed E-state index contributed by atoms with van der Waals surface area (Å²) >= 11 is -2.46. The topological polar surface area (TPSA) is 27.7 Å². The first-order valence-corrected chi connectivity index (χ1v) is 14.4. The van der Waals surface area contributed by atoms with E-state index in [4.69, 9.17) is 11.4 Å². The van der Waals surface area contributed by atoms with Crippen LogP contribution in [-0.2, 0) is 11.4 Å². The lowest BCUT2D eigenvalue weighted by Gasteiger charge is -2.36. The van der Waals surface area contributed by atoms with Crippen LogP contribution >= 0.6 is 0 Å².